The quantitative estimate of drug-likeness (QED) is 0.364. The number of aromatic nitrogens is 4. The molecule has 5 rings (SSSR count). The first kappa shape index (κ1) is 23.5. The lowest BCUT2D eigenvalue weighted by Gasteiger charge is -2.20. The molecular formula is C23H26N6O5S. The molecule has 184 valence electrons. The summed E-state index contributed by atoms with van der Waals surface area (Å²) >= 11 is 0. The number of benzene rings is 1. The van der Waals surface area contributed by atoms with Gasteiger partial charge in [-0.05, 0) is 30.9 Å². The summed E-state index contributed by atoms with van der Waals surface area (Å²) < 4.78 is 28.5. The lowest BCUT2D eigenvalue weighted by Crippen LogP contribution is -2.30. The Kier molecular flexibility index (Phi) is 6.13. The van der Waals surface area contributed by atoms with Crippen molar-refractivity contribution >= 4 is 21.9 Å². The zero-order chi connectivity index (χ0) is 24.7. The number of nitrogens with one attached hydrogen (secondary N) is 1. The molecule has 2 aliphatic rings. The molecule has 0 radical (unpaired) electrons. The van der Waals surface area contributed by atoms with Gasteiger partial charge in [-0.25, -0.2) is 15.1 Å². The Morgan fingerprint density at radius 2 is 2.09 bits per heavy atom. The van der Waals surface area contributed by atoms with Gasteiger partial charge in [0.1, 0.15) is 17.8 Å². The lowest BCUT2D eigenvalue weighted by molar-refractivity contribution is 0.0777. The largest absolute Gasteiger partial charge is 0.392 e. The van der Waals surface area contributed by atoms with Crippen LogP contribution in [0.3, 0.4) is 0 Å². The van der Waals surface area contributed by atoms with Gasteiger partial charge < -0.3 is 10.4 Å². The molecule has 5 unspecified atom stereocenters. The molecule has 5 atom stereocenters. The predicted octanol–water partition coefficient (Wildman–Crippen LogP) is 0.888. The first-order chi connectivity index (χ1) is 16.7. The minimum absolute atomic E-state index is 0.0884. The summed E-state index contributed by atoms with van der Waals surface area (Å²) in [4.78, 5) is 21.6. The molecule has 2 fully saturated rings. The number of carbonyl (C=O) groups is 1. The molecule has 4 N–H and O–H groups in total. The van der Waals surface area contributed by atoms with Crippen molar-refractivity contribution < 1.29 is 22.5 Å². The predicted molar refractivity (Wildman–Crippen MR) is 126 cm³/mol. The highest BCUT2D eigenvalue weighted by molar-refractivity contribution is 7.84. The molecule has 3 aromatic rings. The molecular weight excluding hydrogens is 472 g/mol. The number of nitrogens with zero attached hydrogens (tertiary/aromatic N) is 4. The van der Waals surface area contributed by atoms with E-state index in [4.69, 9.17) is 5.14 Å². The van der Waals surface area contributed by atoms with Crippen LogP contribution in [0, 0.1) is 24.7 Å². The van der Waals surface area contributed by atoms with E-state index in [9.17, 15) is 18.3 Å². The molecule has 0 amide bonds. The normalized spacial score (nSPS) is 25.3. The third kappa shape index (κ3) is 4.96. The number of nitrogens with two attached hydrogens (primary N) is 1. The van der Waals surface area contributed by atoms with Gasteiger partial charge in [0.2, 0.25) is 5.78 Å². The van der Waals surface area contributed by atoms with E-state index in [0.29, 0.717) is 30.0 Å². The number of aliphatic hydroxyl groups excluding tert-OH is 1. The van der Waals surface area contributed by atoms with Crippen LogP contribution in [0.25, 0.3) is 0 Å². The van der Waals surface area contributed by atoms with Gasteiger partial charge in [-0.1, -0.05) is 30.3 Å². The Balaban J connectivity index is 1.27. The van der Waals surface area contributed by atoms with Gasteiger partial charge in [0.15, 0.2) is 0 Å². The number of hydrogen-bond acceptors (Lipinski definition) is 9. The average Bonchev–Trinajstić information content (AvgIpc) is 3.19. The average molecular weight is 499 g/mol. The van der Waals surface area contributed by atoms with Crippen molar-refractivity contribution in [3.8, 4) is 0 Å². The van der Waals surface area contributed by atoms with Crippen LogP contribution in [0.4, 0.5) is 5.82 Å². The van der Waals surface area contributed by atoms with Crippen molar-refractivity contribution in [3.63, 3.8) is 0 Å². The van der Waals surface area contributed by atoms with E-state index in [0.717, 1.165) is 11.3 Å². The van der Waals surface area contributed by atoms with Gasteiger partial charge >= 0.3 is 10.3 Å². The monoisotopic (exact) mass is 498 g/mol. The number of fused-ring (bicyclic) bond motifs is 1. The highest BCUT2D eigenvalue weighted by Gasteiger charge is 2.62. The summed E-state index contributed by atoms with van der Waals surface area (Å²) in [6.07, 6.45) is 2.66. The van der Waals surface area contributed by atoms with Crippen LogP contribution in [0.15, 0.2) is 48.9 Å². The molecule has 12 heteroatoms. The third-order valence-electron chi connectivity index (χ3n) is 6.78. The fraction of sp³-hybridized carbons (Fsp3) is 0.391. The maximum absolute atomic E-state index is 13.3. The van der Waals surface area contributed by atoms with Crippen LogP contribution in [-0.2, 0) is 21.0 Å². The second-order valence-electron chi connectivity index (χ2n) is 9.10. The van der Waals surface area contributed by atoms with Crippen LogP contribution in [0.5, 0.6) is 0 Å². The Morgan fingerprint density at radius 1 is 1.31 bits per heavy atom. The molecule has 2 aromatic heterocycles. The Bertz CT molecular complexity index is 1350. The van der Waals surface area contributed by atoms with Crippen molar-refractivity contribution in [3.05, 3.63) is 71.4 Å². The summed E-state index contributed by atoms with van der Waals surface area (Å²) in [6.45, 7) is 2.30. The van der Waals surface area contributed by atoms with Crippen molar-refractivity contribution in [2.45, 2.75) is 32.0 Å². The number of anilines is 1. The van der Waals surface area contributed by atoms with Crippen LogP contribution in [0.1, 0.15) is 33.7 Å². The molecule has 0 aliphatic heterocycles. The number of hydrogen-bond donors (Lipinski definition) is 3. The molecule has 1 aromatic carbocycles. The first-order valence-corrected chi connectivity index (χ1v) is 12.7. The van der Waals surface area contributed by atoms with Crippen LogP contribution in [-0.4, -0.2) is 57.8 Å². The second-order valence-corrected chi connectivity index (χ2v) is 10.3. The summed E-state index contributed by atoms with van der Waals surface area (Å²) in [5.74, 6) is -0.207. The molecule has 0 spiro atoms. The molecule has 0 bridgehead atoms. The zero-order valence-electron chi connectivity index (χ0n) is 19.0. The van der Waals surface area contributed by atoms with E-state index in [-0.39, 0.29) is 36.2 Å². The second kappa shape index (κ2) is 9.11. The van der Waals surface area contributed by atoms with Crippen LogP contribution < -0.4 is 10.5 Å². The van der Waals surface area contributed by atoms with E-state index in [1.807, 2.05) is 37.3 Å². The minimum atomic E-state index is -4.05. The summed E-state index contributed by atoms with van der Waals surface area (Å²) in [5.41, 5.74) is 2.53. The van der Waals surface area contributed by atoms with Gasteiger partial charge in [-0.3, -0.25) is 13.7 Å². The Morgan fingerprint density at radius 3 is 2.77 bits per heavy atom. The smallest absolute Gasteiger partial charge is 0.333 e. The van der Waals surface area contributed by atoms with E-state index in [1.165, 1.54) is 12.5 Å². The topological polar surface area (TPSA) is 162 Å². The van der Waals surface area contributed by atoms with E-state index >= 15 is 0 Å². The first-order valence-electron chi connectivity index (χ1n) is 11.3. The van der Waals surface area contributed by atoms with Gasteiger partial charge in [0.25, 0.3) is 0 Å². The number of ketones is 1. The number of aryl methyl sites for hydroxylation is 1. The van der Waals surface area contributed by atoms with Crippen molar-refractivity contribution in [2.24, 2.45) is 22.9 Å². The fourth-order valence-corrected chi connectivity index (χ4v) is 5.33. The van der Waals surface area contributed by atoms with E-state index in [2.05, 4.69) is 24.6 Å². The molecule has 2 aliphatic carbocycles. The summed E-state index contributed by atoms with van der Waals surface area (Å²) in [7, 11) is -4.05. The molecule has 11 nitrogen and oxygen atoms in total. The van der Waals surface area contributed by atoms with Gasteiger partial charge in [0.05, 0.1) is 24.8 Å². The SMILES string of the molecule is Cc1cc(C(=O)c2cncnc2NC2C3CC(COS(N)(=O)=O)C(O)C32)nn1Cc1ccccc1. The van der Waals surface area contributed by atoms with Crippen LogP contribution in [0.2, 0.25) is 0 Å². The fourth-order valence-electron chi connectivity index (χ4n) is 4.97. The number of aliphatic hydroxyl groups is 1. The maximum atomic E-state index is 13.3. The third-order valence-corrected chi connectivity index (χ3v) is 7.24. The number of carbonyl (C=O) groups excluding carboxylic acids is 1. The van der Waals surface area contributed by atoms with Crippen molar-refractivity contribution in [1.82, 2.24) is 19.7 Å². The Labute approximate surface area is 202 Å². The molecule has 0 saturated heterocycles. The maximum Gasteiger partial charge on any atom is 0.333 e. The van der Waals surface area contributed by atoms with Crippen molar-refractivity contribution in [1.29, 1.82) is 0 Å². The van der Waals surface area contributed by atoms with Crippen molar-refractivity contribution in [2.75, 3.05) is 11.9 Å². The zero-order valence-corrected chi connectivity index (χ0v) is 19.8. The Hall–Kier alpha value is -3.19. The molecule has 2 saturated carbocycles. The van der Waals surface area contributed by atoms with Gasteiger partial charge in [0, 0.05) is 29.8 Å². The number of rotatable bonds is 9. The van der Waals surface area contributed by atoms with E-state index < -0.39 is 16.4 Å². The van der Waals surface area contributed by atoms with Gasteiger partial charge in [-0.15, -0.1) is 0 Å². The van der Waals surface area contributed by atoms with E-state index in [1.54, 1.807) is 10.7 Å². The molecule has 2 heterocycles. The summed E-state index contributed by atoms with van der Waals surface area (Å²) in [5, 5.41) is 23.2. The highest BCUT2D eigenvalue weighted by Crippen LogP contribution is 2.55. The standard InChI is InChI=1S/C23H26N6O5S/c1-13-7-18(28-29(13)10-14-5-3-2-4-6-14)22(31)17-9-25-12-26-23(17)27-20-16-8-15(21(30)19(16)20)11-34-35(24,32)33/h2-7,9,12,15-16,19-21,30H,8,10-11H2,1H3,(H2,24,32,33)(H,25,26,27). The minimum Gasteiger partial charge on any atom is -0.392 e. The summed E-state index contributed by atoms with van der Waals surface area (Å²) in [6, 6.07) is 11.5. The lowest BCUT2D eigenvalue weighted by atomic mass is 10.0. The van der Waals surface area contributed by atoms with Gasteiger partial charge in [-0.2, -0.15) is 13.5 Å². The highest BCUT2D eigenvalue weighted by atomic mass is 32.2. The van der Waals surface area contributed by atoms with Crippen LogP contribution >= 0.6 is 0 Å². The molecule has 35 heavy (non-hydrogen) atoms.